The molecule has 0 aromatic rings. The van der Waals surface area contributed by atoms with Crippen molar-refractivity contribution in [1.82, 2.24) is 0 Å². The summed E-state index contributed by atoms with van der Waals surface area (Å²) >= 11 is 0. The monoisotopic (exact) mass is 309 g/mol. The number of hydrogen-bond donors (Lipinski definition) is 1. The molecule has 0 rings (SSSR count). The molecule has 2 N–H and O–H groups in total. The van der Waals surface area contributed by atoms with Crippen LogP contribution in [0.1, 0.15) is 52.9 Å². The van der Waals surface area contributed by atoms with Crippen LogP contribution in [0.5, 0.6) is 0 Å². The van der Waals surface area contributed by atoms with Gasteiger partial charge in [-0.3, -0.25) is 0 Å². The largest absolute Gasteiger partial charge is 0.379 e. The van der Waals surface area contributed by atoms with E-state index in [-0.39, 0.29) is 11.2 Å². The van der Waals surface area contributed by atoms with Crippen molar-refractivity contribution in [2.45, 2.75) is 52.9 Å². The minimum Gasteiger partial charge on any atom is -0.379 e. The van der Waals surface area contributed by atoms with Crippen LogP contribution in [0.3, 0.4) is 0 Å². The van der Waals surface area contributed by atoms with Gasteiger partial charge in [-0.2, -0.15) is 0 Å². The number of nitrogens with two attached hydrogens (primary N) is 1. The van der Waals surface area contributed by atoms with Gasteiger partial charge in [0.25, 0.3) is 0 Å². The van der Waals surface area contributed by atoms with Crippen LogP contribution in [-0.4, -0.2) is 40.6 Å². The fraction of sp³-hybridized carbons (Fsp3) is 1.00. The van der Waals surface area contributed by atoms with Gasteiger partial charge < -0.3 is 9.47 Å². The van der Waals surface area contributed by atoms with E-state index in [0.29, 0.717) is 19.8 Å². The lowest BCUT2D eigenvalue weighted by Crippen LogP contribution is -2.38. The molecular formula is C14H31NO4S. The van der Waals surface area contributed by atoms with Crippen molar-refractivity contribution >= 4 is 10.0 Å². The lowest BCUT2D eigenvalue weighted by atomic mass is 9.82. The summed E-state index contributed by atoms with van der Waals surface area (Å²) in [5, 5.41) is 5.24. The predicted molar refractivity (Wildman–Crippen MR) is 82.2 cm³/mol. The summed E-state index contributed by atoms with van der Waals surface area (Å²) < 4.78 is 33.9. The van der Waals surface area contributed by atoms with Crippen molar-refractivity contribution in [3.05, 3.63) is 0 Å². The van der Waals surface area contributed by atoms with Gasteiger partial charge in [-0.25, -0.2) is 13.6 Å². The van der Waals surface area contributed by atoms with E-state index in [1.807, 2.05) is 0 Å². The Morgan fingerprint density at radius 3 is 1.90 bits per heavy atom. The molecule has 5 nitrogen and oxygen atoms in total. The van der Waals surface area contributed by atoms with Crippen molar-refractivity contribution in [3.63, 3.8) is 0 Å². The molecule has 122 valence electrons. The highest BCUT2D eigenvalue weighted by atomic mass is 32.2. The molecule has 0 heterocycles. The van der Waals surface area contributed by atoms with Gasteiger partial charge in [-0.15, -0.1) is 0 Å². The summed E-state index contributed by atoms with van der Waals surface area (Å²) in [6, 6.07) is 0. The zero-order valence-corrected chi connectivity index (χ0v) is 14.0. The van der Waals surface area contributed by atoms with Gasteiger partial charge in [-0.1, -0.05) is 33.6 Å². The van der Waals surface area contributed by atoms with Crippen LogP contribution in [0.4, 0.5) is 0 Å². The van der Waals surface area contributed by atoms with Crippen LogP contribution in [0.15, 0.2) is 0 Å². The molecule has 0 aliphatic rings. The molecule has 0 radical (unpaired) electrons. The van der Waals surface area contributed by atoms with Gasteiger partial charge in [-0.05, 0) is 19.3 Å². The Labute approximate surface area is 124 Å². The number of ether oxygens (including phenoxy) is 2. The first kappa shape index (κ1) is 19.8. The average molecular weight is 309 g/mol. The number of hydrogen-bond acceptors (Lipinski definition) is 4. The van der Waals surface area contributed by atoms with E-state index >= 15 is 0 Å². The Kier molecular flexibility index (Phi) is 10.5. The minimum atomic E-state index is -3.49. The maximum atomic E-state index is 11.5. The van der Waals surface area contributed by atoms with Gasteiger partial charge in [0.05, 0.1) is 25.6 Å². The second-order valence-corrected chi connectivity index (χ2v) is 7.09. The molecule has 0 saturated heterocycles. The third kappa shape index (κ3) is 9.69. The molecule has 0 fully saturated rings. The van der Waals surface area contributed by atoms with Crippen LogP contribution in [-0.2, 0) is 19.5 Å². The van der Waals surface area contributed by atoms with Gasteiger partial charge in [0, 0.05) is 12.0 Å². The summed E-state index contributed by atoms with van der Waals surface area (Å²) in [4.78, 5) is 0. The topological polar surface area (TPSA) is 78.6 Å². The minimum absolute atomic E-state index is 0.00248. The van der Waals surface area contributed by atoms with Crippen LogP contribution < -0.4 is 5.14 Å². The normalized spacial score (nSPS) is 12.8. The summed E-state index contributed by atoms with van der Waals surface area (Å²) in [5.41, 5.74) is -0.359. The maximum absolute atomic E-state index is 11.5. The lowest BCUT2D eigenvalue weighted by molar-refractivity contribution is 0.00507. The summed E-state index contributed by atoms with van der Waals surface area (Å²) in [5.74, 6) is -0.00248. The molecule has 0 bridgehead atoms. The standard InChI is InChI=1S/C14H31NO4S/c1-4-7-14(8-5-2,13-20(15,16)17)12-19-11-10-18-9-6-3/h4-13H2,1-3H3,(H2,15,16,17). The van der Waals surface area contributed by atoms with Crippen molar-refractivity contribution in [3.8, 4) is 0 Å². The third-order valence-electron chi connectivity index (χ3n) is 3.20. The lowest BCUT2D eigenvalue weighted by Gasteiger charge is -2.32. The molecule has 0 unspecified atom stereocenters. The summed E-state index contributed by atoms with van der Waals surface area (Å²) in [6.07, 6.45) is 4.46. The second kappa shape index (κ2) is 10.5. The highest BCUT2D eigenvalue weighted by molar-refractivity contribution is 7.89. The highest BCUT2D eigenvalue weighted by Gasteiger charge is 2.33. The number of primary sulfonamides is 1. The van der Waals surface area contributed by atoms with E-state index in [4.69, 9.17) is 14.6 Å². The van der Waals surface area contributed by atoms with E-state index < -0.39 is 10.0 Å². The molecule has 0 amide bonds. The molecule has 0 saturated carbocycles. The Morgan fingerprint density at radius 2 is 1.45 bits per heavy atom. The Balaban J connectivity index is 4.42. The van der Waals surface area contributed by atoms with Gasteiger partial charge >= 0.3 is 0 Å². The van der Waals surface area contributed by atoms with Crippen molar-refractivity contribution in [1.29, 1.82) is 0 Å². The zero-order chi connectivity index (χ0) is 15.5. The van der Waals surface area contributed by atoms with E-state index in [9.17, 15) is 8.42 Å². The fourth-order valence-electron chi connectivity index (χ4n) is 2.60. The highest BCUT2D eigenvalue weighted by Crippen LogP contribution is 2.31. The van der Waals surface area contributed by atoms with Crippen molar-refractivity contribution in [2.24, 2.45) is 10.6 Å². The first-order valence-electron chi connectivity index (χ1n) is 7.55. The first-order chi connectivity index (χ1) is 9.39. The smallest absolute Gasteiger partial charge is 0.209 e. The van der Waals surface area contributed by atoms with Crippen LogP contribution in [0.2, 0.25) is 0 Å². The van der Waals surface area contributed by atoms with Crippen molar-refractivity contribution in [2.75, 3.05) is 32.2 Å². The zero-order valence-electron chi connectivity index (χ0n) is 13.2. The molecule has 20 heavy (non-hydrogen) atoms. The van der Waals surface area contributed by atoms with Crippen LogP contribution in [0.25, 0.3) is 0 Å². The molecular weight excluding hydrogens is 278 g/mol. The molecule has 0 aromatic heterocycles. The molecule has 6 heteroatoms. The van der Waals surface area contributed by atoms with E-state index in [1.54, 1.807) is 0 Å². The maximum Gasteiger partial charge on any atom is 0.209 e. The average Bonchev–Trinajstić information content (AvgIpc) is 2.32. The summed E-state index contributed by atoms with van der Waals surface area (Å²) in [7, 11) is -3.49. The Hall–Kier alpha value is -0.170. The molecule has 0 aliphatic heterocycles. The molecule has 0 spiro atoms. The first-order valence-corrected chi connectivity index (χ1v) is 9.26. The quantitative estimate of drug-likeness (QED) is 0.529. The second-order valence-electron chi connectivity index (χ2n) is 5.47. The predicted octanol–water partition coefficient (Wildman–Crippen LogP) is 2.30. The van der Waals surface area contributed by atoms with Gasteiger partial charge in [0.1, 0.15) is 0 Å². The number of sulfonamides is 1. The Morgan fingerprint density at radius 1 is 0.900 bits per heavy atom. The van der Waals surface area contributed by atoms with Gasteiger partial charge in [0.2, 0.25) is 10.0 Å². The van der Waals surface area contributed by atoms with Crippen molar-refractivity contribution < 1.29 is 17.9 Å². The molecule has 0 aliphatic carbocycles. The van der Waals surface area contributed by atoms with E-state index in [1.165, 1.54) is 0 Å². The van der Waals surface area contributed by atoms with Crippen LogP contribution >= 0.6 is 0 Å². The molecule has 0 aromatic carbocycles. The Bertz CT molecular complexity index is 324. The number of rotatable bonds is 13. The molecule has 0 atom stereocenters. The summed E-state index contributed by atoms with van der Waals surface area (Å²) in [6.45, 7) is 8.38. The fourth-order valence-corrected chi connectivity index (χ4v) is 3.82. The van der Waals surface area contributed by atoms with E-state index in [0.717, 1.165) is 38.7 Å². The SMILES string of the molecule is CCCOCCOCC(CCC)(CCC)CS(N)(=O)=O. The third-order valence-corrected chi connectivity index (χ3v) is 4.21. The van der Waals surface area contributed by atoms with E-state index in [2.05, 4.69) is 20.8 Å². The van der Waals surface area contributed by atoms with Crippen LogP contribution in [0, 0.1) is 5.41 Å². The van der Waals surface area contributed by atoms with Gasteiger partial charge in [0.15, 0.2) is 0 Å².